The van der Waals surface area contributed by atoms with Crippen LogP contribution in [-0.2, 0) is 14.8 Å². The summed E-state index contributed by atoms with van der Waals surface area (Å²) in [4.78, 5) is 14.1. The minimum absolute atomic E-state index is 0.131. The average molecular weight is 408 g/mol. The normalized spacial score (nSPS) is 11.1. The van der Waals surface area contributed by atoms with Gasteiger partial charge >= 0.3 is 0 Å². The van der Waals surface area contributed by atoms with Gasteiger partial charge in [-0.15, -0.1) is 0 Å². The first-order chi connectivity index (χ1) is 13.3. The monoisotopic (exact) mass is 407 g/mol. The van der Waals surface area contributed by atoms with Crippen molar-refractivity contribution in [2.24, 2.45) is 0 Å². The quantitative estimate of drug-likeness (QED) is 0.657. The van der Waals surface area contributed by atoms with Gasteiger partial charge in [-0.3, -0.25) is 9.10 Å². The van der Waals surface area contributed by atoms with Crippen molar-refractivity contribution in [1.82, 2.24) is 5.32 Å². The van der Waals surface area contributed by atoms with Gasteiger partial charge in [0.05, 0.1) is 11.9 Å². The fourth-order valence-corrected chi connectivity index (χ4v) is 3.71. The maximum absolute atomic E-state index is 13.1. The maximum Gasteiger partial charge on any atom is 0.232 e. The van der Waals surface area contributed by atoms with Crippen LogP contribution in [0.2, 0.25) is 0 Å². The molecule has 2 aromatic carbocycles. The molecule has 2 aromatic rings. The number of carbonyl (C=O) groups excluding carboxylic acids is 1. The molecule has 152 valence electrons. The summed E-state index contributed by atoms with van der Waals surface area (Å²) < 4.78 is 38.2. The highest BCUT2D eigenvalue weighted by Gasteiger charge is 2.17. The Bertz CT molecular complexity index is 858. The molecular formula is C20H26FN3O3S. The van der Waals surface area contributed by atoms with E-state index in [2.05, 4.69) is 5.32 Å². The van der Waals surface area contributed by atoms with E-state index in [0.717, 1.165) is 11.9 Å². The lowest BCUT2D eigenvalue weighted by Gasteiger charge is -2.22. The molecule has 0 radical (unpaired) electrons. The molecule has 0 saturated heterocycles. The van der Waals surface area contributed by atoms with Crippen LogP contribution in [0.4, 0.5) is 15.8 Å². The summed E-state index contributed by atoms with van der Waals surface area (Å²) in [7, 11) is -1.56. The highest BCUT2D eigenvalue weighted by molar-refractivity contribution is 7.92. The molecule has 0 atom stereocenters. The second-order valence-corrected chi connectivity index (χ2v) is 8.43. The first-order valence-corrected chi connectivity index (χ1v) is 10.9. The number of likely N-dealkylation sites (N-methyl/N-ethyl adjacent to an activating group) is 1. The molecular weight excluding hydrogens is 381 g/mol. The fourth-order valence-electron chi connectivity index (χ4n) is 2.74. The maximum atomic E-state index is 13.1. The number of hydrogen-bond donors (Lipinski definition) is 1. The minimum Gasteiger partial charge on any atom is -0.373 e. The van der Waals surface area contributed by atoms with Crippen LogP contribution in [-0.4, -0.2) is 47.3 Å². The van der Waals surface area contributed by atoms with Crippen LogP contribution in [0.15, 0.2) is 54.6 Å². The van der Waals surface area contributed by atoms with Crippen LogP contribution in [0, 0.1) is 5.82 Å². The summed E-state index contributed by atoms with van der Waals surface area (Å²) in [5.41, 5.74) is 1.45. The number of halogens is 1. The number of carbonyl (C=O) groups is 1. The molecule has 28 heavy (non-hydrogen) atoms. The van der Waals surface area contributed by atoms with Gasteiger partial charge in [-0.2, -0.15) is 0 Å². The Morgan fingerprint density at radius 3 is 2.25 bits per heavy atom. The van der Waals surface area contributed by atoms with Crippen LogP contribution < -0.4 is 14.5 Å². The van der Waals surface area contributed by atoms with Gasteiger partial charge < -0.3 is 10.2 Å². The van der Waals surface area contributed by atoms with E-state index in [1.165, 1.54) is 28.6 Å². The first-order valence-electron chi connectivity index (χ1n) is 9.03. The third-order valence-electron chi connectivity index (χ3n) is 4.25. The van der Waals surface area contributed by atoms with E-state index in [1.807, 2.05) is 42.3 Å². The Labute approximate surface area is 166 Å². The third kappa shape index (κ3) is 6.84. The van der Waals surface area contributed by atoms with Crippen molar-refractivity contribution in [2.75, 3.05) is 42.1 Å². The van der Waals surface area contributed by atoms with Crippen molar-refractivity contribution in [1.29, 1.82) is 0 Å². The van der Waals surface area contributed by atoms with Crippen molar-refractivity contribution in [3.05, 3.63) is 60.4 Å². The Morgan fingerprint density at radius 2 is 1.64 bits per heavy atom. The molecule has 0 aliphatic rings. The second kappa shape index (κ2) is 10.1. The Kier molecular flexibility index (Phi) is 7.80. The number of hydrogen-bond acceptors (Lipinski definition) is 4. The molecule has 6 nitrogen and oxygen atoms in total. The Morgan fingerprint density at radius 1 is 1.00 bits per heavy atom. The molecule has 0 aromatic heterocycles. The molecule has 8 heteroatoms. The van der Waals surface area contributed by atoms with E-state index in [-0.39, 0.29) is 18.9 Å². The summed E-state index contributed by atoms with van der Waals surface area (Å²) >= 11 is 0. The van der Waals surface area contributed by atoms with E-state index >= 15 is 0 Å². The molecule has 0 spiro atoms. The Balaban J connectivity index is 1.77. The summed E-state index contributed by atoms with van der Waals surface area (Å²) in [6, 6.07) is 15.1. The Hall–Kier alpha value is -2.61. The van der Waals surface area contributed by atoms with Gasteiger partial charge in [-0.1, -0.05) is 18.2 Å². The first kappa shape index (κ1) is 21.7. The van der Waals surface area contributed by atoms with Gasteiger partial charge in [-0.05, 0) is 42.8 Å². The molecule has 0 aliphatic carbocycles. The summed E-state index contributed by atoms with van der Waals surface area (Å²) in [6.45, 7) is 1.32. The van der Waals surface area contributed by atoms with Crippen LogP contribution in [0.1, 0.15) is 12.8 Å². The van der Waals surface area contributed by atoms with E-state index in [9.17, 15) is 17.6 Å². The van der Waals surface area contributed by atoms with Crippen molar-refractivity contribution >= 4 is 27.3 Å². The summed E-state index contributed by atoms with van der Waals surface area (Å²) in [6.07, 6.45) is 1.67. The zero-order valence-corrected chi connectivity index (χ0v) is 17.0. The number of nitrogens with zero attached hydrogens (tertiary/aromatic N) is 2. The van der Waals surface area contributed by atoms with E-state index in [0.29, 0.717) is 25.2 Å². The molecule has 0 unspecified atom stereocenters. The molecule has 2 rings (SSSR count). The van der Waals surface area contributed by atoms with Crippen molar-refractivity contribution < 1.29 is 17.6 Å². The molecule has 0 heterocycles. The molecule has 1 N–H and O–H groups in total. The van der Waals surface area contributed by atoms with Crippen LogP contribution >= 0.6 is 0 Å². The van der Waals surface area contributed by atoms with Gasteiger partial charge in [0.25, 0.3) is 0 Å². The lowest BCUT2D eigenvalue weighted by Crippen LogP contribution is -2.34. The number of amides is 1. The largest absolute Gasteiger partial charge is 0.373 e. The topological polar surface area (TPSA) is 69.7 Å². The fraction of sp³-hybridized carbons (Fsp3) is 0.350. The lowest BCUT2D eigenvalue weighted by atomic mass is 10.2. The number of benzene rings is 2. The molecule has 0 fully saturated rings. The van der Waals surface area contributed by atoms with Gasteiger partial charge in [0, 0.05) is 38.8 Å². The van der Waals surface area contributed by atoms with Crippen molar-refractivity contribution in [3.63, 3.8) is 0 Å². The number of anilines is 2. The van der Waals surface area contributed by atoms with Crippen molar-refractivity contribution in [2.45, 2.75) is 12.8 Å². The predicted octanol–water partition coefficient (Wildman–Crippen LogP) is 2.62. The standard InChI is InChI=1S/C20H26FN3O3S/c1-23(18-7-4-3-5-8-18)16-14-22-20(25)9-6-15-24(28(2,26)27)19-12-10-17(21)11-13-19/h3-5,7-8,10-13H,6,9,14-16H2,1-2H3,(H,22,25). The molecule has 1 amide bonds. The summed E-state index contributed by atoms with van der Waals surface area (Å²) in [5, 5.41) is 2.84. The molecule has 0 saturated carbocycles. The van der Waals surface area contributed by atoms with Crippen LogP contribution in [0.25, 0.3) is 0 Å². The van der Waals surface area contributed by atoms with Gasteiger partial charge in [-0.25, -0.2) is 12.8 Å². The van der Waals surface area contributed by atoms with Gasteiger partial charge in [0.1, 0.15) is 5.82 Å². The molecule has 0 aliphatic heterocycles. The SMILES string of the molecule is CN(CCNC(=O)CCCN(c1ccc(F)cc1)S(C)(=O)=O)c1ccccc1. The minimum atomic E-state index is -3.52. The van der Waals surface area contributed by atoms with Crippen LogP contribution in [0.3, 0.4) is 0 Å². The average Bonchev–Trinajstić information content (AvgIpc) is 2.66. The third-order valence-corrected chi connectivity index (χ3v) is 5.44. The highest BCUT2D eigenvalue weighted by Crippen LogP contribution is 2.18. The molecule has 0 bridgehead atoms. The zero-order valence-electron chi connectivity index (χ0n) is 16.1. The number of sulfonamides is 1. The van der Waals surface area contributed by atoms with E-state index < -0.39 is 15.8 Å². The number of para-hydroxylation sites is 1. The van der Waals surface area contributed by atoms with Crippen LogP contribution in [0.5, 0.6) is 0 Å². The van der Waals surface area contributed by atoms with E-state index in [4.69, 9.17) is 0 Å². The zero-order chi connectivity index (χ0) is 20.6. The summed E-state index contributed by atoms with van der Waals surface area (Å²) in [5.74, 6) is -0.564. The highest BCUT2D eigenvalue weighted by atomic mass is 32.2. The predicted molar refractivity (Wildman–Crippen MR) is 111 cm³/mol. The number of nitrogens with one attached hydrogen (secondary N) is 1. The van der Waals surface area contributed by atoms with Gasteiger partial charge in [0.15, 0.2) is 0 Å². The van der Waals surface area contributed by atoms with E-state index in [1.54, 1.807) is 0 Å². The smallest absolute Gasteiger partial charge is 0.232 e. The van der Waals surface area contributed by atoms with Crippen molar-refractivity contribution in [3.8, 4) is 0 Å². The second-order valence-electron chi connectivity index (χ2n) is 6.52. The lowest BCUT2D eigenvalue weighted by molar-refractivity contribution is -0.121. The number of rotatable bonds is 10. The van der Waals surface area contributed by atoms with Gasteiger partial charge in [0.2, 0.25) is 15.9 Å².